The van der Waals surface area contributed by atoms with Gasteiger partial charge in [0.2, 0.25) is 0 Å². The lowest BCUT2D eigenvalue weighted by atomic mass is 10.5. The summed E-state index contributed by atoms with van der Waals surface area (Å²) >= 11 is 1.43. The molecule has 2 aromatic rings. The van der Waals surface area contributed by atoms with E-state index in [1.807, 2.05) is 13.0 Å². The second kappa shape index (κ2) is 5.01. The van der Waals surface area contributed by atoms with Crippen molar-refractivity contribution >= 4 is 17.7 Å². The molecule has 0 N–H and O–H groups in total. The third kappa shape index (κ3) is 2.65. The molecule has 0 radical (unpaired) electrons. The highest BCUT2D eigenvalue weighted by molar-refractivity contribution is 7.99. The van der Waals surface area contributed by atoms with Crippen LogP contribution in [0.2, 0.25) is 0 Å². The van der Waals surface area contributed by atoms with Gasteiger partial charge in [0, 0.05) is 0 Å². The number of hydrogen-bond acceptors (Lipinski definition) is 6. The number of furan rings is 1. The Morgan fingerprint density at radius 2 is 2.24 bits per heavy atom. The Labute approximate surface area is 102 Å². The van der Waals surface area contributed by atoms with Crippen molar-refractivity contribution < 1.29 is 13.9 Å². The van der Waals surface area contributed by atoms with Crippen LogP contribution in [-0.2, 0) is 4.74 Å². The second-order valence-electron chi connectivity index (χ2n) is 3.17. The van der Waals surface area contributed by atoms with Gasteiger partial charge < -0.3 is 9.15 Å². The SMILES string of the molecule is COC(=O)c1cnc(Sc2ccoc2C)cn1. The zero-order valence-electron chi connectivity index (χ0n) is 9.34. The van der Waals surface area contributed by atoms with Crippen molar-refractivity contribution in [1.29, 1.82) is 0 Å². The second-order valence-corrected chi connectivity index (χ2v) is 4.24. The molecule has 5 nitrogen and oxygen atoms in total. The number of ether oxygens (including phenoxy) is 1. The summed E-state index contributed by atoms with van der Waals surface area (Å²) in [6.45, 7) is 1.87. The smallest absolute Gasteiger partial charge is 0.358 e. The molecule has 0 saturated carbocycles. The van der Waals surface area contributed by atoms with E-state index in [0.29, 0.717) is 5.03 Å². The van der Waals surface area contributed by atoms with Gasteiger partial charge in [-0.2, -0.15) is 0 Å². The van der Waals surface area contributed by atoms with Crippen LogP contribution in [0, 0.1) is 6.92 Å². The van der Waals surface area contributed by atoms with Crippen LogP contribution >= 0.6 is 11.8 Å². The number of nitrogens with zero attached hydrogens (tertiary/aromatic N) is 2. The number of rotatable bonds is 3. The van der Waals surface area contributed by atoms with Crippen molar-refractivity contribution in [1.82, 2.24) is 9.97 Å². The van der Waals surface area contributed by atoms with E-state index in [1.54, 1.807) is 6.26 Å². The number of methoxy groups -OCH3 is 1. The van der Waals surface area contributed by atoms with E-state index in [4.69, 9.17) is 4.42 Å². The monoisotopic (exact) mass is 250 g/mol. The first-order valence-electron chi connectivity index (χ1n) is 4.83. The fraction of sp³-hybridized carbons (Fsp3) is 0.182. The number of aromatic nitrogens is 2. The van der Waals surface area contributed by atoms with Crippen LogP contribution in [0.15, 0.2) is 39.1 Å². The lowest BCUT2D eigenvalue weighted by Crippen LogP contribution is -2.04. The summed E-state index contributed by atoms with van der Waals surface area (Å²) in [4.78, 5) is 20.2. The summed E-state index contributed by atoms with van der Waals surface area (Å²) in [5, 5.41) is 0.696. The molecule has 0 amide bonds. The Morgan fingerprint density at radius 1 is 1.41 bits per heavy atom. The minimum atomic E-state index is -0.492. The predicted molar refractivity (Wildman–Crippen MR) is 60.9 cm³/mol. The van der Waals surface area contributed by atoms with Crippen LogP contribution in [0.1, 0.15) is 16.2 Å². The minimum Gasteiger partial charge on any atom is -0.468 e. The van der Waals surface area contributed by atoms with Crippen molar-refractivity contribution in [2.45, 2.75) is 16.8 Å². The molecule has 0 aromatic carbocycles. The highest BCUT2D eigenvalue weighted by Gasteiger charge is 2.09. The summed E-state index contributed by atoms with van der Waals surface area (Å²) in [5.74, 6) is 0.336. The van der Waals surface area contributed by atoms with E-state index in [9.17, 15) is 4.79 Å². The largest absolute Gasteiger partial charge is 0.468 e. The third-order valence-corrected chi connectivity index (χ3v) is 3.11. The molecule has 6 heteroatoms. The van der Waals surface area contributed by atoms with Crippen LogP contribution in [0.3, 0.4) is 0 Å². The molecular weight excluding hydrogens is 240 g/mol. The molecule has 88 valence electrons. The van der Waals surface area contributed by atoms with E-state index < -0.39 is 5.97 Å². The zero-order valence-corrected chi connectivity index (χ0v) is 10.2. The standard InChI is InChI=1S/C11H10N2O3S/c1-7-9(3-4-16-7)17-10-6-12-8(5-13-10)11(14)15-2/h3-6H,1-2H3. The maximum Gasteiger partial charge on any atom is 0.358 e. The molecule has 2 heterocycles. The summed E-state index contributed by atoms with van der Waals surface area (Å²) < 4.78 is 9.71. The molecule has 0 aliphatic heterocycles. The Hall–Kier alpha value is -1.82. The topological polar surface area (TPSA) is 65.2 Å². The van der Waals surface area contributed by atoms with Gasteiger partial charge in [0.25, 0.3) is 0 Å². The first-order chi connectivity index (χ1) is 8.20. The summed E-state index contributed by atoms with van der Waals surface area (Å²) in [6.07, 6.45) is 4.54. The predicted octanol–water partition coefficient (Wildman–Crippen LogP) is 2.32. The Kier molecular flexibility index (Phi) is 3.43. The van der Waals surface area contributed by atoms with Crippen LogP contribution in [0.5, 0.6) is 0 Å². The number of aryl methyl sites for hydroxylation is 1. The molecule has 0 fully saturated rings. The molecule has 0 spiro atoms. The van der Waals surface area contributed by atoms with E-state index in [1.165, 1.54) is 31.3 Å². The molecule has 0 aliphatic carbocycles. The average Bonchev–Trinajstić information content (AvgIpc) is 2.75. The summed E-state index contributed by atoms with van der Waals surface area (Å²) in [5.41, 5.74) is 0.195. The molecule has 17 heavy (non-hydrogen) atoms. The fourth-order valence-corrected chi connectivity index (χ4v) is 1.92. The molecular formula is C11H10N2O3S. The minimum absolute atomic E-state index is 0.195. The van der Waals surface area contributed by atoms with E-state index in [2.05, 4.69) is 14.7 Å². The molecule has 0 atom stereocenters. The highest BCUT2D eigenvalue weighted by atomic mass is 32.2. The normalized spacial score (nSPS) is 10.2. The first-order valence-corrected chi connectivity index (χ1v) is 5.64. The Morgan fingerprint density at radius 3 is 2.76 bits per heavy atom. The van der Waals surface area contributed by atoms with Gasteiger partial charge >= 0.3 is 5.97 Å². The number of esters is 1. The van der Waals surface area contributed by atoms with E-state index in [-0.39, 0.29) is 5.69 Å². The van der Waals surface area contributed by atoms with Crippen molar-refractivity contribution in [2.75, 3.05) is 7.11 Å². The molecule has 0 bridgehead atoms. The van der Waals surface area contributed by atoms with E-state index in [0.717, 1.165) is 10.7 Å². The van der Waals surface area contributed by atoms with Gasteiger partial charge in [-0.25, -0.2) is 14.8 Å². The van der Waals surface area contributed by atoms with Crippen molar-refractivity contribution in [3.8, 4) is 0 Å². The number of carbonyl (C=O) groups is 1. The van der Waals surface area contributed by atoms with Crippen molar-refractivity contribution in [3.63, 3.8) is 0 Å². The van der Waals surface area contributed by atoms with Gasteiger partial charge in [-0.15, -0.1) is 0 Å². The van der Waals surface area contributed by atoms with Gasteiger partial charge in [0.1, 0.15) is 10.8 Å². The van der Waals surface area contributed by atoms with Crippen molar-refractivity contribution in [2.24, 2.45) is 0 Å². The molecule has 2 aromatic heterocycles. The van der Waals surface area contributed by atoms with Gasteiger partial charge in [-0.05, 0) is 13.0 Å². The van der Waals surface area contributed by atoms with Gasteiger partial charge in [-0.3, -0.25) is 0 Å². The average molecular weight is 250 g/mol. The zero-order chi connectivity index (χ0) is 12.3. The summed E-state index contributed by atoms with van der Waals surface area (Å²) in [6, 6.07) is 1.86. The lowest BCUT2D eigenvalue weighted by molar-refractivity contribution is 0.0593. The Bertz CT molecular complexity index is 522. The quantitative estimate of drug-likeness (QED) is 0.779. The molecule has 0 saturated heterocycles. The first kappa shape index (κ1) is 11.7. The molecule has 0 aliphatic rings. The van der Waals surface area contributed by atoms with Crippen LogP contribution in [0.25, 0.3) is 0 Å². The van der Waals surface area contributed by atoms with Crippen molar-refractivity contribution in [3.05, 3.63) is 36.2 Å². The molecule has 0 unspecified atom stereocenters. The van der Waals surface area contributed by atoms with Gasteiger partial charge in [0.05, 0.1) is 30.7 Å². The number of carbonyl (C=O) groups excluding carboxylic acids is 1. The van der Waals surface area contributed by atoms with Crippen LogP contribution in [0.4, 0.5) is 0 Å². The maximum absolute atomic E-state index is 11.1. The van der Waals surface area contributed by atoms with E-state index >= 15 is 0 Å². The van der Waals surface area contributed by atoms with Crippen LogP contribution in [-0.4, -0.2) is 23.0 Å². The number of hydrogen-bond donors (Lipinski definition) is 0. The Balaban J connectivity index is 2.14. The van der Waals surface area contributed by atoms with Gasteiger partial charge in [-0.1, -0.05) is 11.8 Å². The van der Waals surface area contributed by atoms with Gasteiger partial charge in [0.15, 0.2) is 5.69 Å². The maximum atomic E-state index is 11.1. The summed E-state index contributed by atoms with van der Waals surface area (Å²) in [7, 11) is 1.31. The lowest BCUT2D eigenvalue weighted by Gasteiger charge is -2.00. The fourth-order valence-electron chi connectivity index (χ4n) is 1.17. The molecule has 2 rings (SSSR count). The highest BCUT2D eigenvalue weighted by Crippen LogP contribution is 2.28. The third-order valence-electron chi connectivity index (χ3n) is 2.05. The van der Waals surface area contributed by atoms with Crippen LogP contribution < -0.4 is 0 Å².